The van der Waals surface area contributed by atoms with Gasteiger partial charge in [-0.2, -0.15) is 26.3 Å². The normalized spacial score (nSPS) is 13.2. The van der Waals surface area contributed by atoms with Gasteiger partial charge in [-0.1, -0.05) is 12.1 Å². The molecule has 2 amide bonds. The summed E-state index contributed by atoms with van der Waals surface area (Å²) in [6, 6.07) is 4.40. The van der Waals surface area contributed by atoms with E-state index in [9.17, 15) is 31.1 Å². The van der Waals surface area contributed by atoms with Crippen molar-refractivity contribution in [3.05, 3.63) is 29.8 Å². The van der Waals surface area contributed by atoms with E-state index in [2.05, 4.69) is 10.1 Å². The van der Waals surface area contributed by atoms with Crippen molar-refractivity contribution in [2.24, 2.45) is 0 Å². The number of rotatable bonds is 7. The highest BCUT2D eigenvalue weighted by molar-refractivity contribution is 5.74. The molecule has 0 aliphatic carbocycles. The zero-order valence-electron chi connectivity index (χ0n) is 14.2. The third-order valence-electron chi connectivity index (χ3n) is 3.46. The molecule has 26 heavy (non-hydrogen) atoms. The van der Waals surface area contributed by atoms with Crippen molar-refractivity contribution in [2.45, 2.75) is 38.7 Å². The van der Waals surface area contributed by atoms with Crippen LogP contribution in [-0.2, 0) is 0 Å². The Bertz CT molecular complexity index is 572. The third-order valence-corrected chi connectivity index (χ3v) is 3.46. The van der Waals surface area contributed by atoms with Gasteiger partial charge in [0, 0.05) is 13.1 Å². The maximum Gasteiger partial charge on any atom is 0.422 e. The fourth-order valence-corrected chi connectivity index (χ4v) is 2.04. The lowest BCUT2D eigenvalue weighted by Crippen LogP contribution is -2.42. The minimum Gasteiger partial charge on any atom is -0.484 e. The summed E-state index contributed by atoms with van der Waals surface area (Å²) in [6.45, 7) is 1.42. The molecule has 148 valence electrons. The summed E-state index contributed by atoms with van der Waals surface area (Å²) in [5.41, 5.74) is 0.574. The number of alkyl halides is 6. The second-order valence-corrected chi connectivity index (χ2v) is 5.59. The minimum atomic E-state index is -4.44. The molecule has 1 atom stereocenters. The summed E-state index contributed by atoms with van der Waals surface area (Å²) in [5, 5.41) is 2.56. The summed E-state index contributed by atoms with van der Waals surface area (Å²) in [7, 11) is 0. The average molecular weight is 386 g/mol. The molecule has 0 heterocycles. The first-order valence-electron chi connectivity index (χ1n) is 7.83. The molecule has 1 rings (SSSR count). The number of urea groups is 1. The van der Waals surface area contributed by atoms with Gasteiger partial charge in [0.1, 0.15) is 5.75 Å². The lowest BCUT2D eigenvalue weighted by atomic mass is 10.1. The van der Waals surface area contributed by atoms with E-state index in [1.54, 1.807) is 13.8 Å². The summed E-state index contributed by atoms with van der Waals surface area (Å²) in [6.07, 6.45) is -9.90. The number of halogens is 6. The van der Waals surface area contributed by atoms with E-state index >= 15 is 0 Å². The van der Waals surface area contributed by atoms with Crippen LogP contribution in [0.15, 0.2) is 24.3 Å². The Balaban J connectivity index is 2.60. The number of hydrogen-bond acceptors (Lipinski definition) is 2. The van der Waals surface area contributed by atoms with Crippen molar-refractivity contribution in [3.8, 4) is 5.75 Å². The molecule has 0 bridgehead atoms. The molecule has 4 nitrogen and oxygen atoms in total. The highest BCUT2D eigenvalue weighted by Gasteiger charge is 2.29. The number of hydrogen-bond donors (Lipinski definition) is 1. The topological polar surface area (TPSA) is 41.6 Å². The zero-order valence-corrected chi connectivity index (χ0v) is 14.2. The molecular formula is C16H20F6N2O2. The SMILES string of the molecule is CCN(CCC(F)(F)F)C(=O)NC(C)c1ccc(OCC(F)(F)F)cc1. The molecule has 0 aromatic heterocycles. The zero-order chi connectivity index (χ0) is 20.0. The van der Waals surface area contributed by atoms with Crippen LogP contribution >= 0.6 is 0 Å². The van der Waals surface area contributed by atoms with Crippen LogP contribution in [0.2, 0.25) is 0 Å². The third kappa shape index (κ3) is 8.30. The molecule has 0 spiro atoms. The van der Waals surface area contributed by atoms with Gasteiger partial charge in [0.25, 0.3) is 0 Å². The van der Waals surface area contributed by atoms with E-state index in [0.717, 1.165) is 4.90 Å². The maximum absolute atomic E-state index is 12.3. The van der Waals surface area contributed by atoms with Gasteiger partial charge in [-0.15, -0.1) is 0 Å². The van der Waals surface area contributed by atoms with Crippen LogP contribution in [-0.4, -0.2) is 43.0 Å². The van der Waals surface area contributed by atoms with Gasteiger partial charge in [0.05, 0.1) is 12.5 Å². The summed E-state index contributed by atoms with van der Waals surface area (Å²) in [5.74, 6) is 0.0185. The van der Waals surface area contributed by atoms with Crippen LogP contribution in [0.1, 0.15) is 31.9 Å². The van der Waals surface area contributed by atoms with Gasteiger partial charge in [-0.05, 0) is 31.5 Å². The standard InChI is InChI=1S/C16H20F6N2O2/c1-3-24(9-8-15(17,18)19)14(25)23-11(2)12-4-6-13(7-5-12)26-10-16(20,21)22/h4-7,11H,3,8-10H2,1-2H3,(H,23,25). The highest BCUT2D eigenvalue weighted by atomic mass is 19.4. The second kappa shape index (κ2) is 9.00. The molecule has 0 saturated carbocycles. The van der Waals surface area contributed by atoms with Gasteiger partial charge >= 0.3 is 18.4 Å². The monoisotopic (exact) mass is 386 g/mol. The highest BCUT2D eigenvalue weighted by Crippen LogP contribution is 2.22. The van der Waals surface area contributed by atoms with Gasteiger partial charge in [0.15, 0.2) is 6.61 Å². The fourth-order valence-electron chi connectivity index (χ4n) is 2.04. The van der Waals surface area contributed by atoms with Crippen LogP contribution in [0.4, 0.5) is 31.1 Å². The predicted molar refractivity (Wildman–Crippen MR) is 82.9 cm³/mol. The van der Waals surface area contributed by atoms with Gasteiger partial charge in [-0.3, -0.25) is 0 Å². The summed E-state index contributed by atoms with van der Waals surface area (Å²) in [4.78, 5) is 13.1. The van der Waals surface area contributed by atoms with Crippen LogP contribution in [0.25, 0.3) is 0 Å². The number of carbonyl (C=O) groups is 1. The molecule has 10 heteroatoms. The molecule has 1 unspecified atom stereocenters. The lowest BCUT2D eigenvalue weighted by molar-refractivity contribution is -0.153. The number of benzene rings is 1. The number of amides is 2. The van der Waals surface area contributed by atoms with E-state index in [1.165, 1.54) is 24.3 Å². The van der Waals surface area contributed by atoms with E-state index in [-0.39, 0.29) is 12.3 Å². The molecule has 1 aromatic carbocycles. The predicted octanol–water partition coefficient (Wildman–Crippen LogP) is 4.67. The molecular weight excluding hydrogens is 366 g/mol. The Morgan fingerprint density at radius 1 is 1.12 bits per heavy atom. The second-order valence-electron chi connectivity index (χ2n) is 5.59. The molecule has 1 aromatic rings. The first-order valence-corrected chi connectivity index (χ1v) is 7.83. The van der Waals surface area contributed by atoms with Crippen molar-refractivity contribution < 1.29 is 35.9 Å². The molecule has 0 aliphatic rings. The Morgan fingerprint density at radius 3 is 2.15 bits per heavy atom. The summed E-state index contributed by atoms with van der Waals surface area (Å²) < 4.78 is 77.7. The minimum absolute atomic E-state index is 0.0185. The average Bonchev–Trinajstić information content (AvgIpc) is 2.52. The van der Waals surface area contributed by atoms with Gasteiger partial charge in [-0.25, -0.2) is 4.79 Å². The van der Waals surface area contributed by atoms with E-state index in [4.69, 9.17) is 0 Å². The summed E-state index contributed by atoms with van der Waals surface area (Å²) >= 11 is 0. The van der Waals surface area contributed by atoms with Crippen molar-refractivity contribution in [1.29, 1.82) is 0 Å². The first kappa shape index (κ1) is 21.9. The smallest absolute Gasteiger partial charge is 0.422 e. The van der Waals surface area contributed by atoms with Crippen LogP contribution in [0, 0.1) is 0 Å². The van der Waals surface area contributed by atoms with Crippen molar-refractivity contribution >= 4 is 6.03 Å². The number of nitrogens with zero attached hydrogens (tertiary/aromatic N) is 1. The number of nitrogens with one attached hydrogen (secondary N) is 1. The molecule has 1 N–H and O–H groups in total. The van der Waals surface area contributed by atoms with Crippen LogP contribution < -0.4 is 10.1 Å². The van der Waals surface area contributed by atoms with Crippen molar-refractivity contribution in [1.82, 2.24) is 10.2 Å². The Morgan fingerprint density at radius 2 is 1.69 bits per heavy atom. The van der Waals surface area contributed by atoms with Crippen LogP contribution in [0.5, 0.6) is 5.75 Å². The number of carbonyl (C=O) groups excluding carboxylic acids is 1. The van der Waals surface area contributed by atoms with E-state index in [1.807, 2.05) is 0 Å². The Hall–Kier alpha value is -2.13. The van der Waals surface area contributed by atoms with E-state index < -0.39 is 44.0 Å². The first-order chi connectivity index (χ1) is 11.9. The van der Waals surface area contributed by atoms with Crippen molar-refractivity contribution in [3.63, 3.8) is 0 Å². The Kier molecular flexibility index (Phi) is 7.58. The van der Waals surface area contributed by atoms with E-state index in [0.29, 0.717) is 5.56 Å². The maximum atomic E-state index is 12.3. The number of ether oxygens (including phenoxy) is 1. The molecule has 0 aliphatic heterocycles. The molecule has 0 saturated heterocycles. The molecule has 0 radical (unpaired) electrons. The van der Waals surface area contributed by atoms with Crippen LogP contribution in [0.3, 0.4) is 0 Å². The largest absolute Gasteiger partial charge is 0.484 e. The Labute approximate surface area is 147 Å². The quantitative estimate of drug-likeness (QED) is 0.692. The van der Waals surface area contributed by atoms with Gasteiger partial charge in [0.2, 0.25) is 0 Å². The molecule has 0 fully saturated rings. The lowest BCUT2D eigenvalue weighted by Gasteiger charge is -2.24. The van der Waals surface area contributed by atoms with Crippen molar-refractivity contribution in [2.75, 3.05) is 19.7 Å². The fraction of sp³-hybridized carbons (Fsp3) is 0.562. The van der Waals surface area contributed by atoms with Gasteiger partial charge < -0.3 is 15.0 Å².